The van der Waals surface area contributed by atoms with Crippen molar-refractivity contribution in [2.24, 2.45) is 0 Å². The quantitative estimate of drug-likeness (QED) is 0.369. The van der Waals surface area contributed by atoms with Crippen molar-refractivity contribution < 1.29 is 23.5 Å². The molecule has 1 saturated heterocycles. The molecule has 1 aromatic heterocycles. The zero-order chi connectivity index (χ0) is 22.8. The number of carbonyl (C=O) groups excluding carboxylic acids is 2. The van der Waals surface area contributed by atoms with E-state index in [1.807, 2.05) is 0 Å². The molecule has 0 spiro atoms. The minimum atomic E-state index is -0.852. The first-order valence-corrected chi connectivity index (χ1v) is 10.1. The van der Waals surface area contributed by atoms with Crippen LogP contribution < -0.4 is 0 Å². The number of halogens is 2. The summed E-state index contributed by atoms with van der Waals surface area (Å²) < 4.78 is 26.9. The van der Waals surface area contributed by atoms with E-state index < -0.39 is 23.5 Å². The molecule has 0 bridgehead atoms. The van der Waals surface area contributed by atoms with Crippen LogP contribution in [0, 0.1) is 18.6 Å². The van der Waals surface area contributed by atoms with Gasteiger partial charge in [-0.25, -0.2) is 8.78 Å². The lowest BCUT2D eigenvalue weighted by atomic mass is 9.95. The van der Waals surface area contributed by atoms with Crippen LogP contribution in [0.2, 0.25) is 0 Å². The Hall–Kier alpha value is -3.87. The molecule has 1 atom stereocenters. The first-order chi connectivity index (χ1) is 15.4. The van der Waals surface area contributed by atoms with Crippen molar-refractivity contribution in [3.8, 4) is 0 Å². The van der Waals surface area contributed by atoms with Gasteiger partial charge in [0.05, 0.1) is 11.6 Å². The van der Waals surface area contributed by atoms with Gasteiger partial charge in [0.1, 0.15) is 17.4 Å². The Labute approximate surface area is 183 Å². The van der Waals surface area contributed by atoms with Gasteiger partial charge >= 0.3 is 0 Å². The summed E-state index contributed by atoms with van der Waals surface area (Å²) in [7, 11) is 0. The maximum absolute atomic E-state index is 13.7. The van der Waals surface area contributed by atoms with Crippen LogP contribution in [0.1, 0.15) is 28.3 Å². The van der Waals surface area contributed by atoms with Gasteiger partial charge in [0.25, 0.3) is 11.7 Å². The van der Waals surface area contributed by atoms with Gasteiger partial charge in [-0.15, -0.1) is 0 Å². The van der Waals surface area contributed by atoms with Crippen LogP contribution in [0.15, 0.2) is 72.6 Å². The number of nitrogens with zero attached hydrogens (tertiary/aromatic N) is 2. The van der Waals surface area contributed by atoms with E-state index in [2.05, 4.69) is 4.98 Å². The average molecular weight is 434 g/mol. The molecule has 1 aliphatic heterocycles. The number of carbonyl (C=O) groups is 2. The van der Waals surface area contributed by atoms with Crippen molar-refractivity contribution in [1.82, 2.24) is 9.88 Å². The Morgan fingerprint density at radius 3 is 2.50 bits per heavy atom. The van der Waals surface area contributed by atoms with Crippen LogP contribution in [0.25, 0.3) is 5.76 Å². The molecule has 7 heteroatoms. The third-order valence-corrected chi connectivity index (χ3v) is 5.53. The molecular weight excluding hydrogens is 414 g/mol. The first-order valence-electron chi connectivity index (χ1n) is 10.1. The number of aryl methyl sites for hydroxylation is 1. The molecule has 1 aliphatic rings. The largest absolute Gasteiger partial charge is 0.507 e. The normalized spacial score (nSPS) is 17.7. The Morgan fingerprint density at radius 2 is 1.84 bits per heavy atom. The van der Waals surface area contributed by atoms with Gasteiger partial charge in [0.2, 0.25) is 0 Å². The van der Waals surface area contributed by atoms with E-state index in [0.29, 0.717) is 17.5 Å². The number of amides is 1. The summed E-state index contributed by atoms with van der Waals surface area (Å²) in [6.45, 7) is 1.72. The smallest absolute Gasteiger partial charge is 0.295 e. The van der Waals surface area contributed by atoms with Crippen LogP contribution in [-0.2, 0) is 16.0 Å². The zero-order valence-corrected chi connectivity index (χ0v) is 17.3. The number of aliphatic hydroxyl groups is 1. The molecule has 0 aliphatic carbocycles. The highest BCUT2D eigenvalue weighted by atomic mass is 19.1. The fourth-order valence-electron chi connectivity index (χ4n) is 3.84. The molecule has 0 radical (unpaired) electrons. The summed E-state index contributed by atoms with van der Waals surface area (Å²) in [6, 6.07) is 12.4. The molecule has 1 amide bonds. The number of hydrogen-bond acceptors (Lipinski definition) is 4. The summed E-state index contributed by atoms with van der Waals surface area (Å²) >= 11 is 0. The van der Waals surface area contributed by atoms with Crippen molar-refractivity contribution in [3.05, 3.63) is 106 Å². The van der Waals surface area contributed by atoms with E-state index in [1.54, 1.807) is 37.4 Å². The number of likely N-dealkylation sites (tertiary alicyclic amines) is 1. The fourth-order valence-corrected chi connectivity index (χ4v) is 3.84. The van der Waals surface area contributed by atoms with Crippen molar-refractivity contribution in [3.63, 3.8) is 0 Å². The topological polar surface area (TPSA) is 70.5 Å². The molecule has 1 unspecified atom stereocenters. The predicted molar refractivity (Wildman–Crippen MR) is 114 cm³/mol. The third-order valence-electron chi connectivity index (χ3n) is 5.53. The molecule has 1 N–H and O–H groups in total. The average Bonchev–Trinajstić information content (AvgIpc) is 3.05. The second kappa shape index (κ2) is 8.70. The summed E-state index contributed by atoms with van der Waals surface area (Å²) in [6.07, 6.45) is 3.49. The van der Waals surface area contributed by atoms with E-state index in [-0.39, 0.29) is 29.3 Å². The molecule has 2 aromatic carbocycles. The second-order valence-corrected chi connectivity index (χ2v) is 7.62. The molecule has 162 valence electrons. The second-order valence-electron chi connectivity index (χ2n) is 7.62. The zero-order valence-electron chi connectivity index (χ0n) is 17.3. The van der Waals surface area contributed by atoms with Gasteiger partial charge < -0.3 is 10.0 Å². The van der Waals surface area contributed by atoms with Crippen LogP contribution in [0.5, 0.6) is 0 Å². The van der Waals surface area contributed by atoms with Crippen molar-refractivity contribution in [1.29, 1.82) is 0 Å². The van der Waals surface area contributed by atoms with Gasteiger partial charge in [0.15, 0.2) is 0 Å². The molecule has 3 aromatic rings. The molecule has 0 saturated carbocycles. The predicted octanol–water partition coefficient (Wildman–Crippen LogP) is 4.33. The van der Waals surface area contributed by atoms with E-state index in [0.717, 1.165) is 5.56 Å². The Bertz CT molecular complexity index is 1210. The van der Waals surface area contributed by atoms with Crippen molar-refractivity contribution in [2.75, 3.05) is 6.54 Å². The lowest BCUT2D eigenvalue weighted by Crippen LogP contribution is -2.31. The molecule has 5 nitrogen and oxygen atoms in total. The lowest BCUT2D eigenvalue weighted by molar-refractivity contribution is -0.139. The van der Waals surface area contributed by atoms with Gasteiger partial charge in [-0.3, -0.25) is 14.6 Å². The SMILES string of the molecule is Cc1cc(/C(O)=C2/C(=O)C(=O)N(CCc3ccc(F)cc3)C2c2cccnc2)ccc1F. The fraction of sp³-hybridized carbons (Fsp3) is 0.160. The first kappa shape index (κ1) is 21.4. The number of rotatable bonds is 5. The summed E-state index contributed by atoms with van der Waals surface area (Å²) in [5, 5.41) is 11.0. The van der Waals surface area contributed by atoms with Gasteiger partial charge in [-0.05, 0) is 66.4 Å². The van der Waals surface area contributed by atoms with E-state index >= 15 is 0 Å². The van der Waals surface area contributed by atoms with E-state index in [9.17, 15) is 23.5 Å². The van der Waals surface area contributed by atoms with Crippen molar-refractivity contribution >= 4 is 17.4 Å². The highest BCUT2D eigenvalue weighted by Crippen LogP contribution is 2.39. The number of aromatic nitrogens is 1. The van der Waals surface area contributed by atoms with Gasteiger partial charge in [-0.2, -0.15) is 0 Å². The minimum Gasteiger partial charge on any atom is -0.507 e. The Balaban J connectivity index is 1.76. The lowest BCUT2D eigenvalue weighted by Gasteiger charge is -2.25. The summed E-state index contributed by atoms with van der Waals surface area (Å²) in [4.78, 5) is 31.4. The van der Waals surface area contributed by atoms with Crippen LogP contribution in [0.4, 0.5) is 8.78 Å². The van der Waals surface area contributed by atoms with Crippen LogP contribution in [0.3, 0.4) is 0 Å². The number of Topliss-reactive ketones (excluding diaryl/α,β-unsaturated/α-hetero) is 1. The Morgan fingerprint density at radius 1 is 1.09 bits per heavy atom. The van der Waals surface area contributed by atoms with E-state index in [1.165, 1.54) is 41.4 Å². The van der Waals surface area contributed by atoms with E-state index in [4.69, 9.17) is 0 Å². The highest BCUT2D eigenvalue weighted by Gasteiger charge is 2.45. The number of hydrogen-bond donors (Lipinski definition) is 1. The number of pyridine rings is 1. The molecule has 32 heavy (non-hydrogen) atoms. The van der Waals surface area contributed by atoms with Crippen molar-refractivity contribution in [2.45, 2.75) is 19.4 Å². The standard InChI is InChI=1S/C25H20F2N2O3/c1-15-13-17(6-9-20(15)27)23(30)21-22(18-3-2-11-28-14-18)29(25(32)24(21)31)12-10-16-4-7-19(26)8-5-16/h2-9,11,13-14,22,30H,10,12H2,1H3/b23-21-. The summed E-state index contributed by atoms with van der Waals surface area (Å²) in [5.41, 5.74) is 1.83. The van der Waals surface area contributed by atoms with Gasteiger partial charge in [-0.1, -0.05) is 18.2 Å². The van der Waals surface area contributed by atoms with Crippen LogP contribution >= 0.6 is 0 Å². The summed E-state index contributed by atoms with van der Waals surface area (Å²) in [5.74, 6) is -2.74. The minimum absolute atomic E-state index is 0.0758. The maximum atomic E-state index is 13.7. The highest BCUT2D eigenvalue weighted by molar-refractivity contribution is 6.46. The number of ketones is 1. The molecular formula is C25H20F2N2O3. The number of benzene rings is 2. The van der Waals surface area contributed by atoms with Gasteiger partial charge in [0, 0.05) is 24.5 Å². The number of aliphatic hydroxyl groups excluding tert-OH is 1. The molecule has 4 rings (SSSR count). The maximum Gasteiger partial charge on any atom is 0.295 e. The Kier molecular flexibility index (Phi) is 5.81. The molecule has 1 fully saturated rings. The third kappa shape index (κ3) is 4.01. The molecule has 2 heterocycles. The van der Waals surface area contributed by atoms with Crippen LogP contribution in [-0.4, -0.2) is 33.2 Å². The monoisotopic (exact) mass is 434 g/mol.